The number of pyridine rings is 1. The van der Waals surface area contributed by atoms with Crippen LogP contribution in [0.15, 0.2) is 143 Å². The number of amidine groups is 1. The molecule has 3 heterocycles. The first-order chi connectivity index (χ1) is 23.4. The van der Waals surface area contributed by atoms with E-state index in [0.717, 1.165) is 11.1 Å². The van der Waals surface area contributed by atoms with Crippen LogP contribution in [0.1, 0.15) is 26.7 Å². The van der Waals surface area contributed by atoms with Gasteiger partial charge in [-0.2, -0.15) is 11.3 Å². The summed E-state index contributed by atoms with van der Waals surface area (Å²) >= 11 is 2.73. The number of nitrogens with one attached hydrogen (secondary N) is 1. The fourth-order valence-electron chi connectivity index (χ4n) is 5.33. The SMILES string of the molecule is O=C(O)c1cc(-c2ccc(NC(=O)C(SC3=N/C(=C\c4ccsc4)C(=O)N3c3ccccc3)c3ccccc3)cc2)nc2ccccc12. The molecule has 1 aliphatic heterocycles. The van der Waals surface area contributed by atoms with Gasteiger partial charge in [-0.25, -0.2) is 14.8 Å². The Morgan fingerprint density at radius 1 is 0.875 bits per heavy atom. The van der Waals surface area contributed by atoms with Crippen LogP contribution in [0.4, 0.5) is 11.4 Å². The van der Waals surface area contributed by atoms with Gasteiger partial charge >= 0.3 is 5.97 Å². The zero-order valence-corrected chi connectivity index (χ0v) is 26.8. The van der Waals surface area contributed by atoms with Gasteiger partial charge in [0, 0.05) is 16.6 Å². The van der Waals surface area contributed by atoms with Crippen molar-refractivity contribution in [2.45, 2.75) is 5.25 Å². The van der Waals surface area contributed by atoms with E-state index in [4.69, 9.17) is 4.99 Å². The molecule has 234 valence electrons. The first-order valence-electron chi connectivity index (χ1n) is 14.9. The van der Waals surface area contributed by atoms with Gasteiger partial charge in [0.05, 0.1) is 22.5 Å². The molecule has 8 nitrogen and oxygen atoms in total. The highest BCUT2D eigenvalue weighted by Crippen LogP contribution is 2.38. The second-order valence-electron chi connectivity index (χ2n) is 10.8. The number of benzene rings is 4. The second kappa shape index (κ2) is 13.5. The predicted octanol–water partition coefficient (Wildman–Crippen LogP) is 8.52. The smallest absolute Gasteiger partial charge is 0.336 e. The van der Waals surface area contributed by atoms with Crippen LogP contribution in [0.2, 0.25) is 0 Å². The number of carboxylic acids is 1. The van der Waals surface area contributed by atoms with Crippen molar-refractivity contribution in [1.82, 2.24) is 4.98 Å². The molecule has 1 aliphatic rings. The van der Waals surface area contributed by atoms with Crippen molar-refractivity contribution < 1.29 is 19.5 Å². The van der Waals surface area contributed by atoms with E-state index in [-0.39, 0.29) is 23.1 Å². The van der Waals surface area contributed by atoms with Gasteiger partial charge in [-0.1, -0.05) is 90.6 Å². The van der Waals surface area contributed by atoms with Crippen LogP contribution in [-0.2, 0) is 9.59 Å². The monoisotopic (exact) mass is 666 g/mol. The number of hydrogen-bond donors (Lipinski definition) is 2. The van der Waals surface area contributed by atoms with E-state index < -0.39 is 11.2 Å². The zero-order valence-electron chi connectivity index (χ0n) is 25.2. The first kappa shape index (κ1) is 30.8. The maximum absolute atomic E-state index is 14.0. The molecule has 6 aromatic rings. The van der Waals surface area contributed by atoms with Gasteiger partial charge in [-0.3, -0.25) is 14.5 Å². The third kappa shape index (κ3) is 6.39. The zero-order chi connectivity index (χ0) is 33.0. The molecule has 1 unspecified atom stereocenters. The van der Waals surface area contributed by atoms with Crippen LogP contribution in [0.3, 0.4) is 0 Å². The van der Waals surface area contributed by atoms with E-state index in [2.05, 4.69) is 10.3 Å². The number of fused-ring (bicyclic) bond motifs is 1. The summed E-state index contributed by atoms with van der Waals surface area (Å²) in [5.41, 5.74) is 5.08. The molecule has 1 atom stereocenters. The average Bonchev–Trinajstić information content (AvgIpc) is 3.74. The molecule has 0 fully saturated rings. The largest absolute Gasteiger partial charge is 0.478 e. The van der Waals surface area contributed by atoms with Crippen molar-refractivity contribution in [2.75, 3.05) is 10.2 Å². The Kier molecular flexibility index (Phi) is 8.65. The fourth-order valence-corrected chi connectivity index (χ4v) is 7.07. The summed E-state index contributed by atoms with van der Waals surface area (Å²) in [5, 5.41) is 16.9. The number of thiophene rings is 1. The summed E-state index contributed by atoms with van der Waals surface area (Å²) < 4.78 is 0. The molecular formula is C38H26N4O4S2. The molecule has 4 aromatic carbocycles. The molecule has 2 aromatic heterocycles. The number of rotatable bonds is 8. The van der Waals surface area contributed by atoms with Crippen molar-refractivity contribution in [1.29, 1.82) is 0 Å². The number of aliphatic imine (C=N–C) groups is 1. The van der Waals surface area contributed by atoms with Gasteiger partial charge in [-0.15, -0.1) is 0 Å². The lowest BCUT2D eigenvalue weighted by Gasteiger charge is -2.22. The third-order valence-electron chi connectivity index (χ3n) is 7.65. The highest BCUT2D eigenvalue weighted by atomic mass is 32.2. The molecule has 0 spiro atoms. The van der Waals surface area contributed by atoms with Gasteiger partial charge in [0.1, 0.15) is 10.9 Å². The first-order valence-corrected chi connectivity index (χ1v) is 16.7. The summed E-state index contributed by atoms with van der Waals surface area (Å²) in [6.45, 7) is 0. The van der Waals surface area contributed by atoms with Crippen LogP contribution in [0.5, 0.6) is 0 Å². The molecule has 10 heteroatoms. The Morgan fingerprint density at radius 2 is 1.58 bits per heavy atom. The van der Waals surface area contributed by atoms with Crippen LogP contribution >= 0.6 is 23.1 Å². The number of carbonyl (C=O) groups is 3. The van der Waals surface area contributed by atoms with Gasteiger partial charge in [0.25, 0.3) is 5.91 Å². The van der Waals surface area contributed by atoms with Crippen molar-refractivity contribution in [3.63, 3.8) is 0 Å². The molecule has 0 radical (unpaired) electrons. The minimum atomic E-state index is -1.03. The quantitative estimate of drug-likeness (QED) is 0.158. The van der Waals surface area contributed by atoms with Gasteiger partial charge in [0.15, 0.2) is 5.17 Å². The molecule has 2 N–H and O–H groups in total. The van der Waals surface area contributed by atoms with Crippen LogP contribution < -0.4 is 10.2 Å². The Balaban J connectivity index is 1.18. The van der Waals surface area contributed by atoms with E-state index in [1.54, 1.807) is 59.5 Å². The lowest BCUT2D eigenvalue weighted by molar-refractivity contribution is -0.116. The van der Waals surface area contributed by atoms with Crippen molar-refractivity contribution in [2.24, 2.45) is 4.99 Å². The summed E-state index contributed by atoms with van der Waals surface area (Å²) in [4.78, 5) is 50.6. The number of aromatic carboxylic acids is 1. The molecular weight excluding hydrogens is 641 g/mol. The molecule has 0 aliphatic carbocycles. The molecule has 2 amide bonds. The Morgan fingerprint density at radius 3 is 2.29 bits per heavy atom. The Hall–Kier alpha value is -5.84. The van der Waals surface area contributed by atoms with E-state index in [0.29, 0.717) is 38.7 Å². The van der Waals surface area contributed by atoms with Crippen molar-refractivity contribution in [3.05, 3.63) is 154 Å². The number of nitrogens with zero attached hydrogens (tertiary/aromatic N) is 3. The average molecular weight is 667 g/mol. The summed E-state index contributed by atoms with van der Waals surface area (Å²) in [5.74, 6) is -1.60. The summed E-state index contributed by atoms with van der Waals surface area (Å²) in [6, 6.07) is 36.3. The topological polar surface area (TPSA) is 112 Å². The maximum Gasteiger partial charge on any atom is 0.336 e. The third-order valence-corrected chi connectivity index (χ3v) is 9.56. The number of amides is 2. The number of carboxylic acid groups (broad SMARTS) is 1. The van der Waals surface area contributed by atoms with Crippen LogP contribution in [0, 0.1) is 0 Å². The van der Waals surface area contributed by atoms with Crippen molar-refractivity contribution >= 4 is 74.4 Å². The number of carbonyl (C=O) groups excluding carboxylic acids is 2. The highest BCUT2D eigenvalue weighted by molar-refractivity contribution is 8.15. The molecule has 48 heavy (non-hydrogen) atoms. The fraction of sp³-hybridized carbons (Fsp3) is 0.0263. The molecule has 0 saturated carbocycles. The van der Waals surface area contributed by atoms with Crippen LogP contribution in [0.25, 0.3) is 28.2 Å². The Bertz CT molecular complexity index is 2200. The van der Waals surface area contributed by atoms with Crippen LogP contribution in [-0.4, -0.2) is 33.0 Å². The van der Waals surface area contributed by atoms with E-state index in [9.17, 15) is 19.5 Å². The lowest BCUT2D eigenvalue weighted by Crippen LogP contribution is -2.32. The number of para-hydroxylation sites is 2. The molecule has 0 bridgehead atoms. The predicted molar refractivity (Wildman–Crippen MR) is 193 cm³/mol. The number of hydrogen-bond acceptors (Lipinski definition) is 7. The molecule has 7 rings (SSSR count). The standard InChI is InChI=1S/C38H26N4O4S2/c43-35(39-27-17-15-25(16-18-27)32-22-30(37(45)46)29-13-7-8-14-31(29)40-32)34(26-9-3-1-4-10-26)48-38-41-33(21-24-19-20-47-23-24)36(44)42(38)28-11-5-2-6-12-28/h1-23,34H,(H,39,43)(H,45,46)/b33-21-. The molecule has 0 saturated heterocycles. The highest BCUT2D eigenvalue weighted by Gasteiger charge is 2.36. The van der Waals surface area contributed by atoms with Crippen molar-refractivity contribution in [3.8, 4) is 11.3 Å². The lowest BCUT2D eigenvalue weighted by atomic mass is 10.0. The van der Waals surface area contributed by atoms with E-state index in [1.165, 1.54) is 23.1 Å². The summed E-state index contributed by atoms with van der Waals surface area (Å²) in [6.07, 6.45) is 1.76. The number of aromatic nitrogens is 1. The normalized spacial score (nSPS) is 14.2. The minimum absolute atomic E-state index is 0.168. The second-order valence-corrected chi connectivity index (χ2v) is 12.7. The number of anilines is 2. The van der Waals surface area contributed by atoms with Gasteiger partial charge in [-0.05, 0) is 70.4 Å². The summed E-state index contributed by atoms with van der Waals surface area (Å²) in [7, 11) is 0. The van der Waals surface area contributed by atoms with E-state index >= 15 is 0 Å². The minimum Gasteiger partial charge on any atom is -0.478 e. The van der Waals surface area contributed by atoms with Gasteiger partial charge < -0.3 is 10.4 Å². The maximum atomic E-state index is 14.0. The Labute approximate surface area is 284 Å². The van der Waals surface area contributed by atoms with Gasteiger partial charge in [0.2, 0.25) is 5.91 Å². The number of thioether (sulfide) groups is 1. The van der Waals surface area contributed by atoms with E-state index in [1.807, 2.05) is 83.6 Å².